The lowest BCUT2D eigenvalue weighted by Crippen LogP contribution is -2.29. The quantitative estimate of drug-likeness (QED) is 0.881. The standard InChI is InChI=1S/C12H16F2N6O/c1-3-5-19-7-15-17-10(19)8(2)16-11(21)9-4-6-20(18-9)12(13)14/h4,6-8,12H,3,5H2,1-2H3,(H,16,21)/t8-/m0/s1. The van der Waals surface area contributed by atoms with Crippen LogP contribution in [0.4, 0.5) is 8.78 Å². The van der Waals surface area contributed by atoms with Crippen LogP contribution in [0.2, 0.25) is 0 Å². The summed E-state index contributed by atoms with van der Waals surface area (Å²) in [4.78, 5) is 12.0. The lowest BCUT2D eigenvalue weighted by Gasteiger charge is -2.13. The van der Waals surface area contributed by atoms with Crippen molar-refractivity contribution in [3.05, 3.63) is 30.1 Å². The molecule has 7 nitrogen and oxygen atoms in total. The van der Waals surface area contributed by atoms with Crippen molar-refractivity contribution in [3.63, 3.8) is 0 Å². The zero-order valence-corrected chi connectivity index (χ0v) is 11.7. The summed E-state index contributed by atoms with van der Waals surface area (Å²) in [6.45, 7) is 1.74. The molecule has 2 rings (SSSR count). The van der Waals surface area contributed by atoms with E-state index in [0.29, 0.717) is 10.5 Å². The van der Waals surface area contributed by atoms with Crippen molar-refractivity contribution in [1.29, 1.82) is 0 Å². The fourth-order valence-electron chi connectivity index (χ4n) is 1.92. The molecule has 1 N–H and O–H groups in total. The fourth-order valence-corrected chi connectivity index (χ4v) is 1.92. The number of hydrogen-bond acceptors (Lipinski definition) is 4. The summed E-state index contributed by atoms with van der Waals surface area (Å²) in [5, 5.41) is 14.0. The summed E-state index contributed by atoms with van der Waals surface area (Å²) < 4.78 is 27.1. The lowest BCUT2D eigenvalue weighted by atomic mass is 10.3. The third-order valence-electron chi connectivity index (χ3n) is 2.89. The van der Waals surface area contributed by atoms with Gasteiger partial charge in [-0.3, -0.25) is 4.79 Å². The van der Waals surface area contributed by atoms with Crippen LogP contribution in [0.3, 0.4) is 0 Å². The topological polar surface area (TPSA) is 77.6 Å². The van der Waals surface area contributed by atoms with Gasteiger partial charge in [0.2, 0.25) is 0 Å². The van der Waals surface area contributed by atoms with Crippen LogP contribution in [0.5, 0.6) is 0 Å². The summed E-state index contributed by atoms with van der Waals surface area (Å²) in [5.74, 6) is 0.0754. The van der Waals surface area contributed by atoms with E-state index in [1.165, 1.54) is 6.07 Å². The molecule has 0 unspecified atom stereocenters. The van der Waals surface area contributed by atoms with E-state index in [1.54, 1.807) is 13.3 Å². The predicted molar refractivity (Wildman–Crippen MR) is 69.7 cm³/mol. The molecule has 0 saturated carbocycles. The Kier molecular flexibility index (Phi) is 4.61. The summed E-state index contributed by atoms with van der Waals surface area (Å²) in [7, 11) is 0. The van der Waals surface area contributed by atoms with Gasteiger partial charge < -0.3 is 9.88 Å². The molecule has 0 radical (unpaired) electrons. The normalized spacial score (nSPS) is 12.6. The first kappa shape index (κ1) is 15.1. The Morgan fingerprint density at radius 3 is 2.86 bits per heavy atom. The minimum atomic E-state index is -2.77. The molecule has 0 aliphatic heterocycles. The van der Waals surface area contributed by atoms with Crippen molar-refractivity contribution in [2.45, 2.75) is 39.4 Å². The highest BCUT2D eigenvalue weighted by Gasteiger charge is 2.19. The average molecular weight is 298 g/mol. The highest BCUT2D eigenvalue weighted by atomic mass is 19.3. The molecule has 0 aliphatic rings. The van der Waals surface area contributed by atoms with E-state index in [0.717, 1.165) is 19.2 Å². The van der Waals surface area contributed by atoms with E-state index in [4.69, 9.17) is 0 Å². The minimum Gasteiger partial charge on any atom is -0.341 e. The first-order chi connectivity index (χ1) is 10.0. The molecule has 21 heavy (non-hydrogen) atoms. The summed E-state index contributed by atoms with van der Waals surface area (Å²) in [5.41, 5.74) is -0.0660. The van der Waals surface area contributed by atoms with Crippen molar-refractivity contribution in [2.75, 3.05) is 0 Å². The molecule has 0 bridgehead atoms. The number of alkyl halides is 2. The van der Waals surface area contributed by atoms with Gasteiger partial charge in [0, 0.05) is 12.7 Å². The van der Waals surface area contributed by atoms with Crippen molar-refractivity contribution in [3.8, 4) is 0 Å². The number of aromatic nitrogens is 5. The van der Waals surface area contributed by atoms with Crippen LogP contribution >= 0.6 is 0 Å². The first-order valence-electron chi connectivity index (χ1n) is 6.54. The molecule has 0 aromatic carbocycles. The molecule has 0 aliphatic carbocycles. The number of amides is 1. The van der Waals surface area contributed by atoms with Crippen LogP contribution in [0.15, 0.2) is 18.6 Å². The Morgan fingerprint density at radius 1 is 1.48 bits per heavy atom. The lowest BCUT2D eigenvalue weighted by molar-refractivity contribution is 0.0559. The van der Waals surface area contributed by atoms with E-state index in [1.807, 2.05) is 11.5 Å². The Morgan fingerprint density at radius 2 is 2.24 bits per heavy atom. The molecule has 0 saturated heterocycles. The summed E-state index contributed by atoms with van der Waals surface area (Å²) in [6, 6.07) is 0.841. The van der Waals surface area contributed by atoms with Crippen molar-refractivity contribution in [2.24, 2.45) is 0 Å². The zero-order chi connectivity index (χ0) is 15.4. The molecule has 0 fully saturated rings. The smallest absolute Gasteiger partial charge is 0.333 e. The minimum absolute atomic E-state index is 0.0660. The number of carbonyl (C=O) groups excluding carboxylic acids is 1. The summed E-state index contributed by atoms with van der Waals surface area (Å²) in [6.07, 6.45) is 3.56. The predicted octanol–water partition coefficient (Wildman–Crippen LogP) is 1.77. The maximum absolute atomic E-state index is 12.4. The van der Waals surface area contributed by atoms with Gasteiger partial charge in [0.15, 0.2) is 5.82 Å². The van der Waals surface area contributed by atoms with Gasteiger partial charge in [-0.25, -0.2) is 4.68 Å². The molecular formula is C12H16F2N6O. The highest BCUT2D eigenvalue weighted by molar-refractivity contribution is 5.92. The van der Waals surface area contributed by atoms with Gasteiger partial charge in [-0.05, 0) is 19.4 Å². The number of rotatable bonds is 6. The van der Waals surface area contributed by atoms with Crippen molar-refractivity contribution in [1.82, 2.24) is 29.9 Å². The van der Waals surface area contributed by atoms with Gasteiger partial charge in [0.25, 0.3) is 5.91 Å². The van der Waals surface area contributed by atoms with E-state index >= 15 is 0 Å². The zero-order valence-electron chi connectivity index (χ0n) is 11.7. The van der Waals surface area contributed by atoms with Crippen molar-refractivity contribution < 1.29 is 13.6 Å². The van der Waals surface area contributed by atoms with E-state index < -0.39 is 18.5 Å². The number of carbonyl (C=O) groups is 1. The Hall–Kier alpha value is -2.32. The largest absolute Gasteiger partial charge is 0.341 e. The van der Waals surface area contributed by atoms with E-state index in [2.05, 4.69) is 20.6 Å². The van der Waals surface area contributed by atoms with Crippen LogP contribution in [0.1, 0.15) is 49.2 Å². The molecule has 2 aromatic rings. The van der Waals surface area contributed by atoms with Gasteiger partial charge in [-0.2, -0.15) is 13.9 Å². The Balaban J connectivity index is 2.05. The van der Waals surface area contributed by atoms with Gasteiger partial charge >= 0.3 is 6.55 Å². The fraction of sp³-hybridized carbons (Fsp3) is 0.500. The molecular weight excluding hydrogens is 282 g/mol. The van der Waals surface area contributed by atoms with E-state index in [9.17, 15) is 13.6 Å². The first-order valence-corrected chi connectivity index (χ1v) is 6.54. The monoisotopic (exact) mass is 298 g/mol. The van der Waals surface area contributed by atoms with Crippen LogP contribution < -0.4 is 5.32 Å². The van der Waals surface area contributed by atoms with E-state index in [-0.39, 0.29) is 5.69 Å². The maximum atomic E-state index is 12.4. The van der Waals surface area contributed by atoms with Gasteiger partial charge in [-0.1, -0.05) is 6.92 Å². The van der Waals surface area contributed by atoms with Crippen molar-refractivity contribution >= 4 is 5.91 Å². The Bertz CT molecular complexity index is 608. The number of hydrogen-bond donors (Lipinski definition) is 1. The molecule has 9 heteroatoms. The molecule has 2 aromatic heterocycles. The molecule has 114 valence electrons. The van der Waals surface area contributed by atoms with Gasteiger partial charge in [0.1, 0.15) is 12.0 Å². The van der Waals surface area contributed by atoms with Gasteiger partial charge in [0.05, 0.1) is 6.04 Å². The summed E-state index contributed by atoms with van der Waals surface area (Å²) >= 11 is 0. The third-order valence-corrected chi connectivity index (χ3v) is 2.89. The van der Waals surface area contributed by atoms with Crippen LogP contribution in [0.25, 0.3) is 0 Å². The molecule has 0 spiro atoms. The second-order valence-corrected chi connectivity index (χ2v) is 4.54. The van der Waals surface area contributed by atoms with Crippen LogP contribution in [-0.2, 0) is 6.54 Å². The van der Waals surface area contributed by atoms with Crippen LogP contribution in [0, 0.1) is 0 Å². The molecule has 2 heterocycles. The number of aryl methyl sites for hydroxylation is 1. The second-order valence-electron chi connectivity index (χ2n) is 4.54. The number of nitrogens with zero attached hydrogens (tertiary/aromatic N) is 5. The Labute approximate surface area is 120 Å². The second kappa shape index (κ2) is 6.42. The SMILES string of the molecule is CCCn1cnnc1[C@H](C)NC(=O)c1ccn(C(F)F)n1. The van der Waals surface area contributed by atoms with Crippen LogP contribution in [-0.4, -0.2) is 30.5 Å². The highest BCUT2D eigenvalue weighted by Crippen LogP contribution is 2.12. The third kappa shape index (κ3) is 3.41. The number of nitrogens with one attached hydrogen (secondary N) is 1. The average Bonchev–Trinajstić information content (AvgIpc) is 3.07. The molecule has 1 amide bonds. The molecule has 1 atom stereocenters. The van der Waals surface area contributed by atoms with Gasteiger partial charge in [-0.15, -0.1) is 10.2 Å². The maximum Gasteiger partial charge on any atom is 0.333 e. The number of halogens is 2.